The first kappa shape index (κ1) is 13.5. The van der Waals surface area contributed by atoms with Crippen LogP contribution in [0.5, 0.6) is 0 Å². The second kappa shape index (κ2) is 6.24. The lowest BCUT2D eigenvalue weighted by Crippen LogP contribution is -2.43. The summed E-state index contributed by atoms with van der Waals surface area (Å²) in [6, 6.07) is 0.306. The van der Waals surface area contributed by atoms with Crippen LogP contribution >= 0.6 is 0 Å². The summed E-state index contributed by atoms with van der Waals surface area (Å²) in [5, 5.41) is 0. The van der Waals surface area contributed by atoms with Gasteiger partial charge in [0.25, 0.3) is 0 Å². The number of hydrogen-bond donors (Lipinski definition) is 1. The maximum Gasteiger partial charge on any atom is 0.225 e. The third-order valence-electron chi connectivity index (χ3n) is 3.71. The highest BCUT2D eigenvalue weighted by molar-refractivity contribution is 5.79. The van der Waals surface area contributed by atoms with Crippen molar-refractivity contribution in [3.05, 3.63) is 0 Å². The van der Waals surface area contributed by atoms with Crippen molar-refractivity contribution < 1.29 is 4.79 Å². The summed E-state index contributed by atoms with van der Waals surface area (Å²) in [6.07, 6.45) is 4.02. The molecule has 1 aliphatic rings. The number of hydrogen-bond acceptors (Lipinski definition) is 2. The van der Waals surface area contributed by atoms with Crippen molar-refractivity contribution in [2.24, 2.45) is 17.6 Å². The van der Waals surface area contributed by atoms with Crippen LogP contribution in [-0.2, 0) is 4.79 Å². The van der Waals surface area contributed by atoms with Gasteiger partial charge in [-0.2, -0.15) is 0 Å². The fraction of sp³-hybridized carbons (Fsp3) is 0.923. The Morgan fingerprint density at radius 3 is 2.56 bits per heavy atom. The van der Waals surface area contributed by atoms with Crippen molar-refractivity contribution in [2.75, 3.05) is 13.1 Å². The van der Waals surface area contributed by atoms with Gasteiger partial charge in [-0.25, -0.2) is 0 Å². The molecule has 2 N–H and O–H groups in total. The van der Waals surface area contributed by atoms with Crippen molar-refractivity contribution in [1.29, 1.82) is 0 Å². The average molecular weight is 226 g/mol. The van der Waals surface area contributed by atoms with Crippen LogP contribution < -0.4 is 5.73 Å². The topological polar surface area (TPSA) is 46.3 Å². The summed E-state index contributed by atoms with van der Waals surface area (Å²) in [4.78, 5) is 14.3. The minimum Gasteiger partial charge on any atom is -0.343 e. The monoisotopic (exact) mass is 226 g/mol. The van der Waals surface area contributed by atoms with Crippen LogP contribution in [0, 0.1) is 11.8 Å². The average Bonchev–Trinajstić information content (AvgIpc) is 2.25. The molecule has 1 amide bonds. The van der Waals surface area contributed by atoms with Gasteiger partial charge in [-0.05, 0) is 38.5 Å². The lowest BCUT2D eigenvalue weighted by atomic mass is 9.77. The summed E-state index contributed by atoms with van der Waals surface area (Å²) in [7, 11) is 0. The molecule has 1 rings (SSSR count). The molecule has 1 saturated carbocycles. The third kappa shape index (κ3) is 3.21. The molecule has 16 heavy (non-hydrogen) atoms. The summed E-state index contributed by atoms with van der Waals surface area (Å²) >= 11 is 0. The standard InChI is InChI=1S/C13H26N2O/c1-4-8-15(5-2)13(16)12-7-6-11(14)9-10(12)3/h10-12H,4-9,14H2,1-3H3. The van der Waals surface area contributed by atoms with Crippen LogP contribution in [0.15, 0.2) is 0 Å². The Labute approximate surface area is 99.4 Å². The van der Waals surface area contributed by atoms with E-state index in [2.05, 4.69) is 20.8 Å². The predicted octanol–water partition coefficient (Wildman–Crippen LogP) is 2.01. The minimum absolute atomic E-state index is 0.214. The molecule has 0 spiro atoms. The molecule has 3 nitrogen and oxygen atoms in total. The van der Waals surface area contributed by atoms with E-state index in [0.29, 0.717) is 17.9 Å². The van der Waals surface area contributed by atoms with Crippen molar-refractivity contribution in [3.63, 3.8) is 0 Å². The Bertz CT molecular complexity index is 230. The number of rotatable bonds is 4. The Morgan fingerprint density at radius 1 is 1.38 bits per heavy atom. The second-order valence-corrected chi connectivity index (χ2v) is 5.07. The summed E-state index contributed by atoms with van der Waals surface area (Å²) in [5.41, 5.74) is 5.93. The smallest absolute Gasteiger partial charge is 0.225 e. The molecule has 3 heteroatoms. The van der Waals surface area contributed by atoms with Crippen LogP contribution in [0.25, 0.3) is 0 Å². The van der Waals surface area contributed by atoms with Gasteiger partial charge in [0.2, 0.25) is 5.91 Å². The molecule has 0 aromatic heterocycles. The van der Waals surface area contributed by atoms with Crippen LogP contribution in [0.4, 0.5) is 0 Å². The first-order valence-corrected chi connectivity index (χ1v) is 6.64. The largest absolute Gasteiger partial charge is 0.343 e. The SMILES string of the molecule is CCCN(CC)C(=O)C1CCC(N)CC1C. The highest BCUT2D eigenvalue weighted by Crippen LogP contribution is 2.30. The van der Waals surface area contributed by atoms with E-state index in [1.54, 1.807) is 0 Å². The van der Waals surface area contributed by atoms with Crippen molar-refractivity contribution in [2.45, 2.75) is 52.5 Å². The molecule has 0 heterocycles. The van der Waals surface area contributed by atoms with Gasteiger partial charge in [0, 0.05) is 25.0 Å². The number of amides is 1. The minimum atomic E-state index is 0.214. The Balaban J connectivity index is 2.58. The van der Waals surface area contributed by atoms with Gasteiger partial charge in [0.05, 0.1) is 0 Å². The van der Waals surface area contributed by atoms with Gasteiger partial charge >= 0.3 is 0 Å². The molecule has 1 aliphatic carbocycles. The van der Waals surface area contributed by atoms with E-state index in [1.807, 2.05) is 4.90 Å². The Kier molecular flexibility index (Phi) is 5.26. The molecule has 0 aromatic rings. The number of nitrogens with two attached hydrogens (primary N) is 1. The van der Waals surface area contributed by atoms with Gasteiger partial charge in [0.15, 0.2) is 0 Å². The molecule has 94 valence electrons. The van der Waals surface area contributed by atoms with Crippen molar-refractivity contribution in [1.82, 2.24) is 4.90 Å². The Hall–Kier alpha value is -0.570. The fourth-order valence-corrected chi connectivity index (χ4v) is 2.73. The molecule has 0 saturated heterocycles. The second-order valence-electron chi connectivity index (χ2n) is 5.07. The normalized spacial score (nSPS) is 30.1. The molecule has 0 radical (unpaired) electrons. The summed E-state index contributed by atoms with van der Waals surface area (Å²) in [6.45, 7) is 8.08. The zero-order valence-corrected chi connectivity index (χ0v) is 10.9. The van der Waals surface area contributed by atoms with Crippen LogP contribution in [0.1, 0.15) is 46.5 Å². The molecular formula is C13H26N2O. The quantitative estimate of drug-likeness (QED) is 0.797. The predicted molar refractivity (Wildman–Crippen MR) is 67.0 cm³/mol. The fourth-order valence-electron chi connectivity index (χ4n) is 2.73. The van der Waals surface area contributed by atoms with Crippen LogP contribution in [-0.4, -0.2) is 29.9 Å². The van der Waals surface area contributed by atoms with E-state index in [0.717, 1.165) is 38.8 Å². The summed E-state index contributed by atoms with van der Waals surface area (Å²) < 4.78 is 0. The lowest BCUT2D eigenvalue weighted by molar-refractivity contribution is -0.138. The van der Waals surface area contributed by atoms with E-state index in [4.69, 9.17) is 5.73 Å². The molecule has 0 aromatic carbocycles. The van der Waals surface area contributed by atoms with Gasteiger partial charge in [-0.3, -0.25) is 4.79 Å². The zero-order valence-electron chi connectivity index (χ0n) is 10.9. The highest BCUT2D eigenvalue weighted by atomic mass is 16.2. The van der Waals surface area contributed by atoms with E-state index >= 15 is 0 Å². The van der Waals surface area contributed by atoms with Gasteiger partial charge in [-0.15, -0.1) is 0 Å². The number of carbonyl (C=O) groups is 1. The number of carbonyl (C=O) groups excluding carboxylic acids is 1. The first-order chi connectivity index (χ1) is 7.60. The number of nitrogens with zero attached hydrogens (tertiary/aromatic N) is 1. The van der Waals surface area contributed by atoms with E-state index < -0.39 is 0 Å². The van der Waals surface area contributed by atoms with Crippen molar-refractivity contribution >= 4 is 5.91 Å². The first-order valence-electron chi connectivity index (χ1n) is 6.64. The van der Waals surface area contributed by atoms with Gasteiger partial charge in [-0.1, -0.05) is 13.8 Å². The van der Waals surface area contributed by atoms with Crippen LogP contribution in [0.2, 0.25) is 0 Å². The molecule has 0 aliphatic heterocycles. The van der Waals surface area contributed by atoms with E-state index in [1.165, 1.54) is 0 Å². The lowest BCUT2D eigenvalue weighted by Gasteiger charge is -2.34. The molecular weight excluding hydrogens is 200 g/mol. The third-order valence-corrected chi connectivity index (χ3v) is 3.71. The molecule has 3 unspecified atom stereocenters. The maximum atomic E-state index is 12.3. The van der Waals surface area contributed by atoms with Gasteiger partial charge in [0.1, 0.15) is 0 Å². The molecule has 3 atom stereocenters. The van der Waals surface area contributed by atoms with Crippen molar-refractivity contribution in [3.8, 4) is 0 Å². The van der Waals surface area contributed by atoms with E-state index in [-0.39, 0.29) is 5.92 Å². The molecule has 1 fully saturated rings. The Morgan fingerprint density at radius 2 is 2.06 bits per heavy atom. The maximum absolute atomic E-state index is 12.3. The zero-order chi connectivity index (χ0) is 12.1. The van der Waals surface area contributed by atoms with Gasteiger partial charge < -0.3 is 10.6 Å². The van der Waals surface area contributed by atoms with E-state index in [9.17, 15) is 4.79 Å². The summed E-state index contributed by atoms with van der Waals surface area (Å²) in [5.74, 6) is 1.01. The molecule has 0 bridgehead atoms. The highest BCUT2D eigenvalue weighted by Gasteiger charge is 2.32. The van der Waals surface area contributed by atoms with Crippen LogP contribution in [0.3, 0.4) is 0 Å².